The highest BCUT2D eigenvalue weighted by Gasteiger charge is 2.10. The Balaban J connectivity index is 2.02. The summed E-state index contributed by atoms with van der Waals surface area (Å²) in [5.74, 6) is 0.00971. The molecular formula is C12H16N6O. The van der Waals surface area contributed by atoms with Gasteiger partial charge in [0.05, 0.1) is 18.1 Å². The number of nitrogens with zero attached hydrogens (tertiary/aromatic N) is 4. The van der Waals surface area contributed by atoms with E-state index in [-0.39, 0.29) is 17.4 Å². The second-order valence-corrected chi connectivity index (χ2v) is 4.14. The van der Waals surface area contributed by atoms with E-state index in [1.807, 2.05) is 20.2 Å². The van der Waals surface area contributed by atoms with Gasteiger partial charge in [0.2, 0.25) is 0 Å². The lowest BCUT2D eigenvalue weighted by Crippen LogP contribution is -2.24. The average molecular weight is 260 g/mol. The van der Waals surface area contributed by atoms with Crippen molar-refractivity contribution in [2.45, 2.75) is 19.9 Å². The van der Waals surface area contributed by atoms with Crippen molar-refractivity contribution in [3.63, 3.8) is 0 Å². The van der Waals surface area contributed by atoms with E-state index in [0.29, 0.717) is 6.54 Å². The van der Waals surface area contributed by atoms with Crippen LogP contribution in [0.15, 0.2) is 18.6 Å². The molecule has 7 heteroatoms. The molecule has 3 N–H and O–H groups in total. The van der Waals surface area contributed by atoms with Crippen LogP contribution in [0.25, 0.3) is 0 Å². The van der Waals surface area contributed by atoms with Crippen LogP contribution < -0.4 is 11.1 Å². The molecule has 2 rings (SSSR count). The van der Waals surface area contributed by atoms with E-state index in [9.17, 15) is 4.79 Å². The number of rotatable bonds is 4. The molecule has 0 fully saturated rings. The van der Waals surface area contributed by atoms with E-state index in [1.165, 1.54) is 12.4 Å². The second-order valence-electron chi connectivity index (χ2n) is 4.14. The van der Waals surface area contributed by atoms with Crippen LogP contribution in [0, 0.1) is 0 Å². The van der Waals surface area contributed by atoms with Gasteiger partial charge in [-0.25, -0.2) is 9.97 Å². The summed E-state index contributed by atoms with van der Waals surface area (Å²) >= 11 is 0. The van der Waals surface area contributed by atoms with Gasteiger partial charge in [0.1, 0.15) is 11.5 Å². The summed E-state index contributed by atoms with van der Waals surface area (Å²) in [6, 6.07) is 0. The van der Waals surface area contributed by atoms with Crippen molar-refractivity contribution >= 4 is 11.7 Å². The summed E-state index contributed by atoms with van der Waals surface area (Å²) in [7, 11) is 1.86. The van der Waals surface area contributed by atoms with Crippen LogP contribution in [0.5, 0.6) is 0 Å². The third-order valence-electron chi connectivity index (χ3n) is 2.67. The van der Waals surface area contributed by atoms with Crippen molar-refractivity contribution in [2.24, 2.45) is 7.05 Å². The Kier molecular flexibility index (Phi) is 3.74. The van der Waals surface area contributed by atoms with Gasteiger partial charge in [-0.15, -0.1) is 0 Å². The Hall–Kier alpha value is -2.44. The predicted molar refractivity (Wildman–Crippen MR) is 70.2 cm³/mol. The van der Waals surface area contributed by atoms with E-state index in [0.717, 1.165) is 17.7 Å². The second kappa shape index (κ2) is 5.47. The largest absolute Gasteiger partial charge is 0.382 e. The summed E-state index contributed by atoms with van der Waals surface area (Å²) in [6.07, 6.45) is 5.44. The van der Waals surface area contributed by atoms with Crippen molar-refractivity contribution in [2.75, 3.05) is 5.73 Å². The molecule has 0 aliphatic carbocycles. The zero-order valence-electron chi connectivity index (χ0n) is 10.9. The normalized spacial score (nSPS) is 10.4. The number of aromatic nitrogens is 4. The van der Waals surface area contributed by atoms with E-state index >= 15 is 0 Å². The summed E-state index contributed by atoms with van der Waals surface area (Å²) in [4.78, 5) is 19.6. The number of anilines is 1. The quantitative estimate of drug-likeness (QED) is 0.823. The van der Waals surface area contributed by atoms with Gasteiger partial charge in [-0.2, -0.15) is 5.10 Å². The monoisotopic (exact) mass is 260 g/mol. The van der Waals surface area contributed by atoms with Crippen molar-refractivity contribution in [3.8, 4) is 0 Å². The van der Waals surface area contributed by atoms with Gasteiger partial charge in [0, 0.05) is 25.4 Å². The zero-order valence-corrected chi connectivity index (χ0v) is 10.9. The van der Waals surface area contributed by atoms with Crippen molar-refractivity contribution in [1.29, 1.82) is 0 Å². The molecule has 0 atom stereocenters. The third kappa shape index (κ3) is 3.06. The molecule has 0 radical (unpaired) electrons. The first-order chi connectivity index (χ1) is 9.10. The predicted octanol–water partition coefficient (Wildman–Crippen LogP) is 0.285. The van der Waals surface area contributed by atoms with Gasteiger partial charge >= 0.3 is 0 Å². The smallest absolute Gasteiger partial charge is 0.271 e. The lowest BCUT2D eigenvalue weighted by molar-refractivity contribution is 0.0945. The molecule has 0 saturated carbocycles. The van der Waals surface area contributed by atoms with E-state index < -0.39 is 0 Å². The zero-order chi connectivity index (χ0) is 13.8. The first-order valence-electron chi connectivity index (χ1n) is 5.97. The molecule has 1 amide bonds. The average Bonchev–Trinajstić information content (AvgIpc) is 2.77. The Morgan fingerprint density at radius 1 is 1.42 bits per heavy atom. The first-order valence-corrected chi connectivity index (χ1v) is 5.97. The standard InChI is InChI=1S/C12H16N6O/c1-3-9-8(7-18(2)17-9)4-16-12(19)10-5-15-11(13)6-14-10/h5-7H,3-4H2,1-2H3,(H2,13,15)(H,16,19). The number of carbonyl (C=O) groups excluding carboxylic acids is 1. The first kappa shape index (κ1) is 13.0. The van der Waals surface area contributed by atoms with Crippen LogP contribution in [-0.4, -0.2) is 25.7 Å². The molecular weight excluding hydrogens is 244 g/mol. The Morgan fingerprint density at radius 3 is 2.84 bits per heavy atom. The molecule has 7 nitrogen and oxygen atoms in total. The maximum absolute atomic E-state index is 11.9. The van der Waals surface area contributed by atoms with Gasteiger partial charge in [0.15, 0.2) is 0 Å². The number of aryl methyl sites for hydroxylation is 2. The summed E-state index contributed by atoms with van der Waals surface area (Å²) in [5.41, 5.74) is 7.64. The Bertz CT molecular complexity index is 574. The van der Waals surface area contributed by atoms with E-state index in [2.05, 4.69) is 20.4 Å². The van der Waals surface area contributed by atoms with Gasteiger partial charge in [-0.05, 0) is 6.42 Å². The highest BCUT2D eigenvalue weighted by atomic mass is 16.1. The van der Waals surface area contributed by atoms with Crippen molar-refractivity contribution in [3.05, 3.63) is 35.5 Å². The minimum Gasteiger partial charge on any atom is -0.382 e. The number of nitrogen functional groups attached to an aromatic ring is 1. The number of amides is 1. The van der Waals surface area contributed by atoms with E-state index in [1.54, 1.807) is 4.68 Å². The molecule has 2 aromatic rings. The number of nitrogens with two attached hydrogens (primary N) is 1. The molecule has 2 heterocycles. The molecule has 0 aliphatic heterocycles. The number of hydrogen-bond acceptors (Lipinski definition) is 5. The number of carbonyl (C=O) groups is 1. The van der Waals surface area contributed by atoms with Crippen LogP contribution >= 0.6 is 0 Å². The molecule has 2 aromatic heterocycles. The molecule has 100 valence electrons. The SMILES string of the molecule is CCc1nn(C)cc1CNC(=O)c1cnc(N)cn1. The minimum absolute atomic E-state index is 0.246. The fraction of sp³-hybridized carbons (Fsp3) is 0.333. The number of hydrogen-bond donors (Lipinski definition) is 2. The molecule has 0 spiro atoms. The van der Waals surface area contributed by atoms with Crippen molar-refractivity contribution < 1.29 is 4.79 Å². The molecule has 0 unspecified atom stereocenters. The van der Waals surface area contributed by atoms with Gasteiger partial charge in [-0.3, -0.25) is 9.48 Å². The van der Waals surface area contributed by atoms with Gasteiger partial charge in [0.25, 0.3) is 5.91 Å². The molecule has 0 aliphatic rings. The maximum Gasteiger partial charge on any atom is 0.271 e. The topological polar surface area (TPSA) is 98.7 Å². The lowest BCUT2D eigenvalue weighted by Gasteiger charge is -2.04. The van der Waals surface area contributed by atoms with Gasteiger partial charge < -0.3 is 11.1 Å². The van der Waals surface area contributed by atoms with Gasteiger partial charge in [-0.1, -0.05) is 6.92 Å². The highest BCUT2D eigenvalue weighted by molar-refractivity contribution is 5.91. The third-order valence-corrected chi connectivity index (χ3v) is 2.67. The molecule has 0 saturated heterocycles. The van der Waals surface area contributed by atoms with Crippen LogP contribution in [0.4, 0.5) is 5.82 Å². The van der Waals surface area contributed by atoms with Crippen LogP contribution in [0.3, 0.4) is 0 Å². The minimum atomic E-state index is -0.279. The Labute approximate surface area is 110 Å². The molecule has 19 heavy (non-hydrogen) atoms. The highest BCUT2D eigenvalue weighted by Crippen LogP contribution is 2.07. The van der Waals surface area contributed by atoms with Crippen molar-refractivity contribution in [1.82, 2.24) is 25.1 Å². The van der Waals surface area contributed by atoms with Crippen LogP contribution in [-0.2, 0) is 20.0 Å². The summed E-state index contributed by atoms with van der Waals surface area (Å²) in [5, 5.41) is 7.10. The fourth-order valence-electron chi connectivity index (χ4n) is 1.75. The summed E-state index contributed by atoms with van der Waals surface area (Å²) in [6.45, 7) is 2.45. The molecule has 0 aromatic carbocycles. The van der Waals surface area contributed by atoms with Crippen LogP contribution in [0.1, 0.15) is 28.7 Å². The fourth-order valence-corrected chi connectivity index (χ4v) is 1.75. The van der Waals surface area contributed by atoms with E-state index in [4.69, 9.17) is 5.73 Å². The van der Waals surface area contributed by atoms with Crippen LogP contribution in [0.2, 0.25) is 0 Å². The maximum atomic E-state index is 11.9. The number of nitrogens with one attached hydrogen (secondary N) is 1. The Morgan fingerprint density at radius 2 is 2.21 bits per heavy atom. The molecule has 0 bridgehead atoms. The summed E-state index contributed by atoms with van der Waals surface area (Å²) < 4.78 is 1.74. The lowest BCUT2D eigenvalue weighted by atomic mass is 10.2.